The van der Waals surface area contributed by atoms with E-state index in [-0.39, 0.29) is 5.60 Å². The molecule has 0 saturated carbocycles. The number of hydrogen-bond acceptors (Lipinski definition) is 2. The van der Waals surface area contributed by atoms with E-state index in [0.717, 1.165) is 24.4 Å². The van der Waals surface area contributed by atoms with E-state index in [1.54, 1.807) is 0 Å². The molecule has 2 atom stereocenters. The molecule has 1 aliphatic heterocycles. The first kappa shape index (κ1) is 13.9. The Kier molecular flexibility index (Phi) is 4.31. The Bertz CT molecular complexity index is 405. The van der Waals surface area contributed by atoms with Gasteiger partial charge >= 0.3 is 0 Å². The summed E-state index contributed by atoms with van der Waals surface area (Å²) in [5.41, 5.74) is 1.27. The van der Waals surface area contributed by atoms with Crippen LogP contribution in [0, 0.1) is 0 Å². The molecule has 0 radical (unpaired) electrons. The normalized spacial score (nSPS) is 24.1. The Balaban J connectivity index is 1.84. The first-order valence-corrected chi connectivity index (χ1v) is 7.01. The van der Waals surface area contributed by atoms with Gasteiger partial charge in [-0.1, -0.05) is 23.7 Å². The summed E-state index contributed by atoms with van der Waals surface area (Å²) in [5, 5.41) is 4.31. The van der Waals surface area contributed by atoms with E-state index in [2.05, 4.69) is 32.2 Å². The second-order valence-electron chi connectivity index (χ2n) is 5.72. The summed E-state index contributed by atoms with van der Waals surface area (Å²) in [5.74, 6) is 0. The molecule has 1 unspecified atom stereocenters. The van der Waals surface area contributed by atoms with Gasteiger partial charge in [-0.25, -0.2) is 0 Å². The molecule has 0 aromatic heterocycles. The van der Waals surface area contributed by atoms with Crippen LogP contribution in [-0.2, 0) is 4.74 Å². The average molecular weight is 268 g/mol. The maximum absolute atomic E-state index is 6.00. The quantitative estimate of drug-likeness (QED) is 0.892. The monoisotopic (exact) mass is 267 g/mol. The second-order valence-corrected chi connectivity index (χ2v) is 6.16. The maximum Gasteiger partial charge on any atom is 0.0708 e. The van der Waals surface area contributed by atoms with Gasteiger partial charge in [-0.05, 0) is 51.3 Å². The fraction of sp³-hybridized carbons (Fsp3) is 0.600. The highest BCUT2D eigenvalue weighted by atomic mass is 35.5. The van der Waals surface area contributed by atoms with Crippen LogP contribution in [0.15, 0.2) is 24.3 Å². The minimum Gasteiger partial charge on any atom is -0.371 e. The molecule has 1 aliphatic rings. The van der Waals surface area contributed by atoms with Crippen molar-refractivity contribution in [1.29, 1.82) is 0 Å². The molecule has 2 nitrogen and oxygen atoms in total. The lowest BCUT2D eigenvalue weighted by molar-refractivity contribution is -0.0150. The summed E-state index contributed by atoms with van der Waals surface area (Å²) in [6.45, 7) is 7.38. The van der Waals surface area contributed by atoms with E-state index in [0.29, 0.717) is 12.1 Å². The van der Waals surface area contributed by atoms with Crippen molar-refractivity contribution >= 4 is 11.6 Å². The third-order valence-corrected chi connectivity index (χ3v) is 3.79. The lowest BCUT2D eigenvalue weighted by atomic mass is 10.1. The van der Waals surface area contributed by atoms with Crippen molar-refractivity contribution in [2.24, 2.45) is 0 Å². The van der Waals surface area contributed by atoms with Crippen molar-refractivity contribution in [2.45, 2.75) is 51.4 Å². The summed E-state index contributed by atoms with van der Waals surface area (Å²) >= 11 is 6.00. The standard InChI is InChI=1S/C15H22ClNO/c1-11(12-5-4-6-13(16)9-12)17-10-14-7-8-15(2,3)18-14/h4-6,9,11,14,17H,7-8,10H2,1-3H3/t11-,14?/m0/s1. The Labute approximate surface area is 115 Å². The molecular formula is C15H22ClNO. The second kappa shape index (κ2) is 5.60. The van der Waals surface area contributed by atoms with Crippen LogP contribution in [0.3, 0.4) is 0 Å². The van der Waals surface area contributed by atoms with E-state index < -0.39 is 0 Å². The Morgan fingerprint density at radius 2 is 2.28 bits per heavy atom. The first-order valence-electron chi connectivity index (χ1n) is 6.63. The lowest BCUT2D eigenvalue weighted by Crippen LogP contribution is -2.31. The molecule has 1 fully saturated rings. The van der Waals surface area contributed by atoms with Crippen LogP contribution in [0.4, 0.5) is 0 Å². The van der Waals surface area contributed by atoms with Gasteiger partial charge in [-0.3, -0.25) is 0 Å². The number of nitrogens with one attached hydrogen (secondary N) is 1. The molecule has 1 N–H and O–H groups in total. The van der Waals surface area contributed by atoms with Crippen LogP contribution in [0.1, 0.15) is 45.2 Å². The molecule has 0 amide bonds. The molecule has 0 aliphatic carbocycles. The molecule has 1 aromatic carbocycles. The Morgan fingerprint density at radius 3 is 2.89 bits per heavy atom. The average Bonchev–Trinajstić information content (AvgIpc) is 2.66. The van der Waals surface area contributed by atoms with Crippen LogP contribution in [-0.4, -0.2) is 18.2 Å². The van der Waals surface area contributed by atoms with Gasteiger partial charge in [0, 0.05) is 17.6 Å². The zero-order valence-electron chi connectivity index (χ0n) is 11.4. The van der Waals surface area contributed by atoms with E-state index in [9.17, 15) is 0 Å². The van der Waals surface area contributed by atoms with Gasteiger partial charge in [0.1, 0.15) is 0 Å². The topological polar surface area (TPSA) is 21.3 Å². The predicted octanol–water partition coefficient (Wildman–Crippen LogP) is 3.95. The Hall–Kier alpha value is -0.570. The van der Waals surface area contributed by atoms with E-state index in [4.69, 9.17) is 16.3 Å². The fourth-order valence-electron chi connectivity index (χ4n) is 2.42. The third kappa shape index (κ3) is 3.71. The minimum absolute atomic E-state index is 0.0473. The number of halogens is 1. The minimum atomic E-state index is 0.0473. The summed E-state index contributed by atoms with van der Waals surface area (Å²) in [6, 6.07) is 8.31. The van der Waals surface area contributed by atoms with E-state index >= 15 is 0 Å². The summed E-state index contributed by atoms with van der Waals surface area (Å²) in [4.78, 5) is 0. The first-order chi connectivity index (χ1) is 8.46. The molecular weight excluding hydrogens is 246 g/mol. The van der Waals surface area contributed by atoms with Gasteiger partial charge in [0.25, 0.3) is 0 Å². The number of hydrogen-bond donors (Lipinski definition) is 1. The highest BCUT2D eigenvalue weighted by molar-refractivity contribution is 6.30. The van der Waals surface area contributed by atoms with Crippen molar-refractivity contribution < 1.29 is 4.74 Å². The van der Waals surface area contributed by atoms with Crippen molar-refractivity contribution in [3.63, 3.8) is 0 Å². The van der Waals surface area contributed by atoms with Gasteiger partial charge in [-0.2, -0.15) is 0 Å². The highest BCUT2D eigenvalue weighted by Crippen LogP contribution is 2.29. The molecule has 1 heterocycles. The molecule has 0 bridgehead atoms. The third-order valence-electron chi connectivity index (χ3n) is 3.55. The van der Waals surface area contributed by atoms with Crippen LogP contribution >= 0.6 is 11.6 Å². The molecule has 100 valence electrons. The van der Waals surface area contributed by atoms with Crippen LogP contribution in [0.5, 0.6) is 0 Å². The largest absolute Gasteiger partial charge is 0.371 e. The van der Waals surface area contributed by atoms with E-state index in [1.165, 1.54) is 5.56 Å². The van der Waals surface area contributed by atoms with Gasteiger partial charge in [0.2, 0.25) is 0 Å². The summed E-state index contributed by atoms with van der Waals surface area (Å²) < 4.78 is 5.97. The van der Waals surface area contributed by atoms with Crippen molar-refractivity contribution in [1.82, 2.24) is 5.32 Å². The molecule has 1 aromatic rings. The van der Waals surface area contributed by atoms with Crippen LogP contribution < -0.4 is 5.32 Å². The highest BCUT2D eigenvalue weighted by Gasteiger charge is 2.31. The van der Waals surface area contributed by atoms with Crippen molar-refractivity contribution in [3.05, 3.63) is 34.9 Å². The number of ether oxygens (including phenoxy) is 1. The fourth-order valence-corrected chi connectivity index (χ4v) is 2.62. The van der Waals surface area contributed by atoms with E-state index in [1.807, 2.05) is 18.2 Å². The van der Waals surface area contributed by atoms with Crippen molar-refractivity contribution in [3.8, 4) is 0 Å². The summed E-state index contributed by atoms with van der Waals surface area (Å²) in [7, 11) is 0. The number of rotatable bonds is 4. The molecule has 18 heavy (non-hydrogen) atoms. The number of benzene rings is 1. The zero-order valence-corrected chi connectivity index (χ0v) is 12.1. The molecule has 2 rings (SSSR count). The van der Waals surface area contributed by atoms with Gasteiger partial charge in [0.15, 0.2) is 0 Å². The van der Waals surface area contributed by atoms with Crippen LogP contribution in [0.2, 0.25) is 5.02 Å². The van der Waals surface area contributed by atoms with Crippen molar-refractivity contribution in [2.75, 3.05) is 6.54 Å². The zero-order chi connectivity index (χ0) is 13.2. The van der Waals surface area contributed by atoms with Gasteiger partial charge in [0.05, 0.1) is 11.7 Å². The molecule has 0 spiro atoms. The van der Waals surface area contributed by atoms with Crippen LogP contribution in [0.25, 0.3) is 0 Å². The van der Waals surface area contributed by atoms with Gasteiger partial charge in [-0.15, -0.1) is 0 Å². The SMILES string of the molecule is C[C@H](NCC1CCC(C)(C)O1)c1cccc(Cl)c1. The summed E-state index contributed by atoms with van der Waals surface area (Å²) in [6.07, 6.45) is 2.62. The predicted molar refractivity (Wildman–Crippen MR) is 76.1 cm³/mol. The molecule has 3 heteroatoms. The lowest BCUT2D eigenvalue weighted by Gasteiger charge is -2.21. The smallest absolute Gasteiger partial charge is 0.0708 e. The molecule has 1 saturated heterocycles. The maximum atomic E-state index is 6.00. The van der Waals surface area contributed by atoms with Gasteiger partial charge < -0.3 is 10.1 Å². The Morgan fingerprint density at radius 1 is 1.50 bits per heavy atom.